The summed E-state index contributed by atoms with van der Waals surface area (Å²) in [5, 5.41) is 17.2. The van der Waals surface area contributed by atoms with Crippen LogP contribution in [0.25, 0.3) is 16.9 Å². The van der Waals surface area contributed by atoms with E-state index in [1.807, 2.05) is 80.9 Å². The lowest BCUT2D eigenvalue weighted by Crippen LogP contribution is -2.20. The summed E-state index contributed by atoms with van der Waals surface area (Å²) >= 11 is 7.52. The van der Waals surface area contributed by atoms with Crippen LogP contribution >= 0.6 is 22.9 Å². The van der Waals surface area contributed by atoms with Gasteiger partial charge in [0.05, 0.1) is 22.8 Å². The second kappa shape index (κ2) is 10.1. The zero-order chi connectivity index (χ0) is 26.1. The quantitative estimate of drug-likeness (QED) is 0.289. The van der Waals surface area contributed by atoms with Crippen LogP contribution in [0, 0.1) is 6.92 Å². The third kappa shape index (κ3) is 4.81. The zero-order valence-corrected chi connectivity index (χ0v) is 22.0. The largest absolute Gasteiger partial charge is 0.508 e. The molecule has 5 aromatic rings. The Bertz CT molecular complexity index is 1720. The fraction of sp³-hybridized carbons (Fsp3) is 0.107. The highest BCUT2D eigenvalue weighted by Crippen LogP contribution is 2.24. The standard InChI is InChI=1S/C28H24ClN5O2S/c1-18(20-11-15-24(35)16-12-20)31-33-25(21-9-13-22(29)14-10-21)17-37-28(33)30-26-19(2)32(3)34(27(26)36)23-7-5-4-6-8-23/h4-17,35H,1-3H3/b30-28?,31-18-. The minimum atomic E-state index is -0.210. The van der Waals surface area contributed by atoms with Gasteiger partial charge >= 0.3 is 0 Å². The molecule has 0 aliphatic rings. The lowest BCUT2D eigenvalue weighted by Gasteiger charge is -2.07. The molecule has 2 aromatic heterocycles. The average molecular weight is 530 g/mol. The maximum atomic E-state index is 13.5. The van der Waals surface area contributed by atoms with E-state index in [9.17, 15) is 9.90 Å². The van der Waals surface area contributed by atoms with Gasteiger partial charge in [0.25, 0.3) is 5.56 Å². The molecule has 5 rings (SSSR count). The SMILES string of the molecule is C/C(=N/n1c(-c2ccc(Cl)cc2)csc1=Nc1c(C)n(C)n(-c2ccccc2)c1=O)c1ccc(O)cc1. The maximum Gasteiger partial charge on any atom is 0.297 e. The van der Waals surface area contributed by atoms with Crippen LogP contribution in [0.15, 0.2) is 99.1 Å². The van der Waals surface area contributed by atoms with Crippen LogP contribution in [0.4, 0.5) is 5.69 Å². The summed E-state index contributed by atoms with van der Waals surface area (Å²) in [7, 11) is 1.84. The van der Waals surface area contributed by atoms with E-state index in [2.05, 4.69) is 0 Å². The van der Waals surface area contributed by atoms with Gasteiger partial charge in [-0.1, -0.05) is 41.9 Å². The normalized spacial score (nSPS) is 12.3. The van der Waals surface area contributed by atoms with Crippen LogP contribution in [0.1, 0.15) is 18.2 Å². The summed E-state index contributed by atoms with van der Waals surface area (Å²) in [6.07, 6.45) is 0. The summed E-state index contributed by atoms with van der Waals surface area (Å²) in [6.45, 7) is 3.77. The number of phenols is 1. The molecule has 37 heavy (non-hydrogen) atoms. The van der Waals surface area contributed by atoms with E-state index in [4.69, 9.17) is 21.7 Å². The Morgan fingerprint density at radius 1 is 0.973 bits per heavy atom. The van der Waals surface area contributed by atoms with E-state index in [0.717, 1.165) is 33.9 Å². The Hall–Kier alpha value is -4.14. The van der Waals surface area contributed by atoms with Crippen LogP contribution in [-0.2, 0) is 7.05 Å². The molecule has 2 heterocycles. The number of aromatic nitrogens is 3. The molecule has 0 aliphatic carbocycles. The van der Waals surface area contributed by atoms with Crippen molar-refractivity contribution in [1.29, 1.82) is 0 Å². The smallest absolute Gasteiger partial charge is 0.297 e. The van der Waals surface area contributed by atoms with Gasteiger partial charge in [-0.2, -0.15) is 5.10 Å². The molecule has 0 unspecified atom stereocenters. The Labute approximate surface area is 222 Å². The van der Waals surface area contributed by atoms with Crippen LogP contribution < -0.4 is 10.4 Å². The van der Waals surface area contributed by atoms with Gasteiger partial charge in [0.15, 0.2) is 5.69 Å². The number of phenolic OH excluding ortho intramolecular Hbond substituents is 1. The first kappa shape index (κ1) is 24.5. The lowest BCUT2D eigenvalue weighted by atomic mass is 10.1. The molecule has 0 bridgehead atoms. The molecule has 0 spiro atoms. The molecule has 0 saturated carbocycles. The molecule has 3 aromatic carbocycles. The van der Waals surface area contributed by atoms with E-state index in [0.29, 0.717) is 15.5 Å². The van der Waals surface area contributed by atoms with Gasteiger partial charge in [0.2, 0.25) is 4.80 Å². The van der Waals surface area contributed by atoms with Crippen LogP contribution in [0.3, 0.4) is 0 Å². The predicted molar refractivity (Wildman–Crippen MR) is 149 cm³/mol. The molecule has 9 heteroatoms. The highest BCUT2D eigenvalue weighted by molar-refractivity contribution is 7.07. The number of nitrogens with zero attached hydrogens (tertiary/aromatic N) is 5. The van der Waals surface area contributed by atoms with E-state index in [-0.39, 0.29) is 11.3 Å². The van der Waals surface area contributed by atoms with E-state index < -0.39 is 0 Å². The molecular formula is C28H24ClN5O2S. The molecule has 7 nitrogen and oxygen atoms in total. The second-order valence-electron chi connectivity index (χ2n) is 8.48. The fourth-order valence-electron chi connectivity index (χ4n) is 3.98. The zero-order valence-electron chi connectivity index (χ0n) is 20.5. The minimum absolute atomic E-state index is 0.187. The van der Waals surface area contributed by atoms with Crippen molar-refractivity contribution >= 4 is 34.3 Å². The predicted octanol–water partition coefficient (Wildman–Crippen LogP) is 5.88. The van der Waals surface area contributed by atoms with Crippen molar-refractivity contribution in [2.45, 2.75) is 13.8 Å². The summed E-state index contributed by atoms with van der Waals surface area (Å²) in [5.41, 5.74) is 4.95. The van der Waals surface area contributed by atoms with Crippen molar-refractivity contribution in [1.82, 2.24) is 14.0 Å². The fourth-order valence-corrected chi connectivity index (χ4v) is 4.94. The van der Waals surface area contributed by atoms with Crippen molar-refractivity contribution in [2.24, 2.45) is 17.1 Å². The van der Waals surface area contributed by atoms with Crippen molar-refractivity contribution in [2.75, 3.05) is 0 Å². The van der Waals surface area contributed by atoms with Crippen molar-refractivity contribution in [3.8, 4) is 22.7 Å². The molecule has 0 saturated heterocycles. The van der Waals surface area contributed by atoms with Gasteiger partial charge in [-0.3, -0.25) is 9.48 Å². The summed E-state index contributed by atoms with van der Waals surface area (Å²) < 4.78 is 5.16. The Balaban J connectivity index is 1.72. The van der Waals surface area contributed by atoms with Crippen molar-refractivity contribution in [3.05, 3.63) is 116 Å². The van der Waals surface area contributed by atoms with Crippen molar-refractivity contribution < 1.29 is 5.11 Å². The third-order valence-electron chi connectivity index (χ3n) is 6.09. The molecule has 186 valence electrons. The number of para-hydroxylation sites is 1. The highest BCUT2D eigenvalue weighted by atomic mass is 35.5. The van der Waals surface area contributed by atoms with Crippen LogP contribution in [-0.4, -0.2) is 24.9 Å². The molecular weight excluding hydrogens is 506 g/mol. The molecule has 0 fully saturated rings. The topological polar surface area (TPSA) is 76.8 Å². The molecule has 0 radical (unpaired) electrons. The molecule has 0 aliphatic heterocycles. The number of thiazole rings is 1. The van der Waals surface area contributed by atoms with Gasteiger partial charge < -0.3 is 5.11 Å². The Kier molecular flexibility index (Phi) is 6.69. The van der Waals surface area contributed by atoms with Gasteiger partial charge in [-0.15, -0.1) is 11.3 Å². The summed E-state index contributed by atoms with van der Waals surface area (Å²) in [5.74, 6) is 0.187. The number of aromatic hydroxyl groups is 1. The molecule has 0 amide bonds. The average Bonchev–Trinajstić information content (AvgIpc) is 3.38. The van der Waals surface area contributed by atoms with Gasteiger partial charge in [-0.25, -0.2) is 14.4 Å². The first-order valence-corrected chi connectivity index (χ1v) is 12.8. The van der Waals surface area contributed by atoms with E-state index >= 15 is 0 Å². The highest BCUT2D eigenvalue weighted by Gasteiger charge is 2.17. The first-order valence-electron chi connectivity index (χ1n) is 11.5. The minimum Gasteiger partial charge on any atom is -0.508 e. The number of rotatable bonds is 5. The number of halogens is 1. The first-order chi connectivity index (χ1) is 17.8. The maximum absolute atomic E-state index is 13.5. The lowest BCUT2D eigenvalue weighted by molar-refractivity contribution is 0.475. The number of benzene rings is 3. The van der Waals surface area contributed by atoms with Gasteiger partial charge in [0.1, 0.15) is 5.75 Å². The van der Waals surface area contributed by atoms with E-state index in [1.165, 1.54) is 11.3 Å². The van der Waals surface area contributed by atoms with Gasteiger partial charge in [0, 0.05) is 23.0 Å². The monoisotopic (exact) mass is 529 g/mol. The van der Waals surface area contributed by atoms with Crippen molar-refractivity contribution in [3.63, 3.8) is 0 Å². The number of hydrogen-bond donors (Lipinski definition) is 1. The third-order valence-corrected chi connectivity index (χ3v) is 7.16. The summed E-state index contributed by atoms with van der Waals surface area (Å²) in [6, 6.07) is 23.8. The van der Waals surface area contributed by atoms with Crippen LogP contribution in [0.5, 0.6) is 5.75 Å². The second-order valence-corrected chi connectivity index (χ2v) is 9.75. The Morgan fingerprint density at radius 3 is 2.32 bits per heavy atom. The number of hydrogen-bond acceptors (Lipinski definition) is 5. The molecule has 0 atom stereocenters. The van der Waals surface area contributed by atoms with Gasteiger partial charge in [-0.05, 0) is 67.9 Å². The Morgan fingerprint density at radius 2 is 1.65 bits per heavy atom. The van der Waals surface area contributed by atoms with Crippen LogP contribution in [0.2, 0.25) is 5.02 Å². The summed E-state index contributed by atoms with van der Waals surface area (Å²) in [4.78, 5) is 18.9. The van der Waals surface area contributed by atoms with E-state index in [1.54, 1.807) is 38.3 Å². The molecule has 1 N–H and O–H groups in total.